The van der Waals surface area contributed by atoms with Crippen LogP contribution in [0.25, 0.3) is 0 Å². The molecule has 1 aromatic carbocycles. The van der Waals surface area contributed by atoms with E-state index in [0.717, 1.165) is 32.1 Å². The molecule has 0 aromatic heterocycles. The second kappa shape index (κ2) is 6.20. The monoisotopic (exact) mass is 260 g/mol. The number of hydrogen-bond donors (Lipinski definition) is 2. The smallest absolute Gasteiger partial charge is 0.226 e. The van der Waals surface area contributed by atoms with Crippen LogP contribution in [-0.2, 0) is 11.2 Å². The van der Waals surface area contributed by atoms with Gasteiger partial charge in [-0.1, -0.05) is 50.1 Å². The zero-order valence-corrected chi connectivity index (χ0v) is 11.7. The number of amides is 1. The Morgan fingerprint density at radius 3 is 2.53 bits per heavy atom. The summed E-state index contributed by atoms with van der Waals surface area (Å²) in [6, 6.07) is 10.2. The predicted octanol–water partition coefficient (Wildman–Crippen LogP) is 2.25. The average molecular weight is 260 g/mol. The van der Waals surface area contributed by atoms with Crippen LogP contribution in [0.2, 0.25) is 0 Å². The van der Waals surface area contributed by atoms with Crippen molar-refractivity contribution in [3.05, 3.63) is 35.9 Å². The first-order valence-corrected chi connectivity index (χ1v) is 7.19. The molecule has 0 saturated heterocycles. The van der Waals surface area contributed by atoms with E-state index in [1.54, 1.807) is 0 Å². The van der Waals surface area contributed by atoms with Crippen LogP contribution >= 0.6 is 0 Å². The molecule has 19 heavy (non-hydrogen) atoms. The second-order valence-corrected chi connectivity index (χ2v) is 5.86. The molecule has 0 radical (unpaired) electrons. The lowest BCUT2D eigenvalue weighted by Gasteiger charge is -2.26. The number of carbonyl (C=O) groups excluding carboxylic acids is 1. The van der Waals surface area contributed by atoms with E-state index >= 15 is 0 Å². The van der Waals surface area contributed by atoms with Gasteiger partial charge < -0.3 is 11.1 Å². The van der Waals surface area contributed by atoms with Gasteiger partial charge in [-0.25, -0.2) is 0 Å². The van der Waals surface area contributed by atoms with Crippen LogP contribution in [0.15, 0.2) is 30.3 Å². The Morgan fingerprint density at radius 1 is 1.32 bits per heavy atom. The summed E-state index contributed by atoms with van der Waals surface area (Å²) in [6.45, 7) is 2.56. The summed E-state index contributed by atoms with van der Waals surface area (Å²) in [6.07, 6.45) is 5.13. The molecule has 104 valence electrons. The summed E-state index contributed by atoms with van der Waals surface area (Å²) in [5.41, 5.74) is 6.84. The van der Waals surface area contributed by atoms with E-state index in [1.807, 2.05) is 18.2 Å². The van der Waals surface area contributed by atoms with E-state index in [9.17, 15) is 4.79 Å². The maximum Gasteiger partial charge on any atom is 0.226 e. The standard InChI is InChI=1S/C16H24N2O/c1-16(9-5-6-10-16)15(19)18-14(12-17)11-13-7-3-2-4-8-13/h2-4,7-8,14H,5-6,9-12,17H2,1H3,(H,18,19). The van der Waals surface area contributed by atoms with Gasteiger partial charge in [-0.05, 0) is 24.8 Å². The fraction of sp³-hybridized carbons (Fsp3) is 0.562. The van der Waals surface area contributed by atoms with Crippen LogP contribution in [0.5, 0.6) is 0 Å². The Bertz CT molecular complexity index is 410. The van der Waals surface area contributed by atoms with Crippen LogP contribution in [0, 0.1) is 5.41 Å². The normalized spacial score (nSPS) is 19.1. The molecule has 3 N–H and O–H groups in total. The van der Waals surface area contributed by atoms with Gasteiger partial charge in [0.2, 0.25) is 5.91 Å². The molecule has 1 fully saturated rings. The van der Waals surface area contributed by atoms with Crippen molar-refractivity contribution in [3.8, 4) is 0 Å². The SMILES string of the molecule is CC1(C(=O)NC(CN)Cc2ccccc2)CCCC1. The highest BCUT2D eigenvalue weighted by Gasteiger charge is 2.36. The van der Waals surface area contributed by atoms with E-state index in [1.165, 1.54) is 5.56 Å². The van der Waals surface area contributed by atoms with Crippen molar-refractivity contribution in [2.24, 2.45) is 11.1 Å². The minimum Gasteiger partial charge on any atom is -0.351 e. The highest BCUT2D eigenvalue weighted by molar-refractivity contribution is 5.82. The molecule has 1 aliphatic carbocycles. The molecular formula is C16H24N2O. The zero-order valence-electron chi connectivity index (χ0n) is 11.7. The minimum atomic E-state index is -0.176. The van der Waals surface area contributed by atoms with Gasteiger partial charge in [-0.2, -0.15) is 0 Å². The van der Waals surface area contributed by atoms with Crippen LogP contribution in [0.4, 0.5) is 0 Å². The van der Waals surface area contributed by atoms with Gasteiger partial charge in [0.05, 0.1) is 0 Å². The summed E-state index contributed by atoms with van der Waals surface area (Å²) in [4.78, 5) is 12.4. The van der Waals surface area contributed by atoms with Crippen molar-refractivity contribution < 1.29 is 4.79 Å². The third kappa shape index (κ3) is 3.57. The molecule has 1 saturated carbocycles. The van der Waals surface area contributed by atoms with Crippen LogP contribution < -0.4 is 11.1 Å². The highest BCUT2D eigenvalue weighted by atomic mass is 16.2. The fourth-order valence-electron chi connectivity index (χ4n) is 2.83. The van der Waals surface area contributed by atoms with E-state index in [2.05, 4.69) is 24.4 Å². The lowest BCUT2D eigenvalue weighted by Crippen LogP contribution is -2.47. The van der Waals surface area contributed by atoms with Crippen LogP contribution in [0.1, 0.15) is 38.2 Å². The van der Waals surface area contributed by atoms with Gasteiger partial charge in [-0.15, -0.1) is 0 Å². The van der Waals surface area contributed by atoms with Crippen molar-refractivity contribution in [1.82, 2.24) is 5.32 Å². The minimum absolute atomic E-state index is 0.0346. The number of nitrogens with one attached hydrogen (secondary N) is 1. The van der Waals surface area contributed by atoms with Crippen molar-refractivity contribution in [2.75, 3.05) is 6.54 Å². The molecule has 1 aliphatic rings. The summed E-state index contributed by atoms with van der Waals surface area (Å²) >= 11 is 0. The molecule has 0 spiro atoms. The van der Waals surface area contributed by atoms with Gasteiger partial charge in [0.25, 0.3) is 0 Å². The lowest BCUT2D eigenvalue weighted by atomic mass is 9.87. The van der Waals surface area contributed by atoms with Gasteiger partial charge in [0.1, 0.15) is 0 Å². The van der Waals surface area contributed by atoms with Gasteiger partial charge in [-0.3, -0.25) is 4.79 Å². The fourth-order valence-corrected chi connectivity index (χ4v) is 2.83. The van der Waals surface area contributed by atoms with Crippen LogP contribution in [0.3, 0.4) is 0 Å². The number of rotatable bonds is 5. The van der Waals surface area contributed by atoms with E-state index in [-0.39, 0.29) is 17.4 Å². The van der Waals surface area contributed by atoms with Gasteiger partial charge in [0.15, 0.2) is 0 Å². The topological polar surface area (TPSA) is 55.1 Å². The first-order chi connectivity index (χ1) is 9.14. The molecule has 1 unspecified atom stereocenters. The summed E-state index contributed by atoms with van der Waals surface area (Å²) in [5, 5.41) is 3.13. The molecule has 3 nitrogen and oxygen atoms in total. The van der Waals surface area contributed by atoms with Crippen molar-refractivity contribution in [2.45, 2.75) is 45.1 Å². The molecular weight excluding hydrogens is 236 g/mol. The van der Waals surface area contributed by atoms with E-state index < -0.39 is 0 Å². The third-order valence-electron chi connectivity index (χ3n) is 4.20. The average Bonchev–Trinajstić information content (AvgIpc) is 2.87. The molecule has 2 rings (SSSR count). The van der Waals surface area contributed by atoms with Crippen molar-refractivity contribution in [3.63, 3.8) is 0 Å². The maximum atomic E-state index is 12.4. The first-order valence-electron chi connectivity index (χ1n) is 7.19. The molecule has 1 amide bonds. The summed E-state index contributed by atoms with van der Waals surface area (Å²) in [7, 11) is 0. The quantitative estimate of drug-likeness (QED) is 0.853. The first kappa shape index (κ1) is 14.1. The largest absolute Gasteiger partial charge is 0.351 e. The molecule has 1 aromatic rings. The number of nitrogens with two attached hydrogens (primary N) is 1. The van der Waals surface area contributed by atoms with E-state index in [0.29, 0.717) is 6.54 Å². The molecule has 0 aliphatic heterocycles. The Balaban J connectivity index is 1.94. The Morgan fingerprint density at radius 2 is 1.95 bits per heavy atom. The third-order valence-corrected chi connectivity index (χ3v) is 4.20. The van der Waals surface area contributed by atoms with Crippen LogP contribution in [-0.4, -0.2) is 18.5 Å². The number of benzene rings is 1. The number of hydrogen-bond acceptors (Lipinski definition) is 2. The Hall–Kier alpha value is -1.35. The summed E-state index contributed by atoms with van der Waals surface area (Å²) in [5.74, 6) is 0.177. The van der Waals surface area contributed by atoms with E-state index in [4.69, 9.17) is 5.73 Å². The molecule has 0 bridgehead atoms. The van der Waals surface area contributed by atoms with Gasteiger partial charge >= 0.3 is 0 Å². The number of carbonyl (C=O) groups is 1. The molecule has 0 heterocycles. The van der Waals surface area contributed by atoms with Crippen molar-refractivity contribution in [1.29, 1.82) is 0 Å². The maximum absolute atomic E-state index is 12.4. The predicted molar refractivity (Wildman–Crippen MR) is 77.7 cm³/mol. The second-order valence-electron chi connectivity index (χ2n) is 5.86. The molecule has 1 atom stereocenters. The highest BCUT2D eigenvalue weighted by Crippen LogP contribution is 2.37. The van der Waals surface area contributed by atoms with Crippen molar-refractivity contribution >= 4 is 5.91 Å². The molecule has 3 heteroatoms. The summed E-state index contributed by atoms with van der Waals surface area (Å²) < 4.78 is 0. The Kier molecular flexibility index (Phi) is 4.59. The van der Waals surface area contributed by atoms with Gasteiger partial charge in [0, 0.05) is 18.0 Å². The lowest BCUT2D eigenvalue weighted by molar-refractivity contribution is -0.130. The Labute approximate surface area is 115 Å². The zero-order chi connectivity index (χ0) is 13.7.